The van der Waals surface area contributed by atoms with E-state index in [2.05, 4.69) is 5.32 Å². The summed E-state index contributed by atoms with van der Waals surface area (Å²) in [6, 6.07) is 5.53. The highest BCUT2D eigenvalue weighted by atomic mass is 35.5. The second kappa shape index (κ2) is 6.78. The van der Waals surface area contributed by atoms with Crippen molar-refractivity contribution in [2.45, 2.75) is 6.04 Å². The fourth-order valence-electron chi connectivity index (χ4n) is 1.19. The number of carbonyl (C=O) groups is 2. The summed E-state index contributed by atoms with van der Waals surface area (Å²) in [5, 5.41) is 20.0. The summed E-state index contributed by atoms with van der Waals surface area (Å²) in [5.41, 5.74) is 0.716. The molecule has 1 aromatic carbocycles. The number of aliphatic hydroxyl groups is 1. The number of hydrogen-bond acceptors (Lipinski definition) is 3. The molecular weight excluding hydrogens is 258 g/mol. The lowest BCUT2D eigenvalue weighted by Gasteiger charge is -2.09. The monoisotopic (exact) mass is 269 g/mol. The van der Waals surface area contributed by atoms with Gasteiger partial charge in [0.25, 0.3) is 0 Å². The Bertz CT molecular complexity index is 473. The topological polar surface area (TPSA) is 86.6 Å². The average molecular weight is 270 g/mol. The number of carboxylic acid groups (broad SMARTS) is 1. The minimum Gasteiger partial charge on any atom is -0.480 e. The Morgan fingerprint density at radius 1 is 1.44 bits per heavy atom. The molecule has 1 rings (SSSR count). The third-order valence-corrected chi connectivity index (χ3v) is 2.31. The SMILES string of the molecule is O=C(/C=C/c1cccc(Cl)c1)N[C@H](CO)C(=O)O. The number of rotatable bonds is 5. The minimum absolute atomic E-state index is 0.538. The highest BCUT2D eigenvalue weighted by Crippen LogP contribution is 2.11. The molecule has 0 spiro atoms. The van der Waals surface area contributed by atoms with E-state index in [0.717, 1.165) is 0 Å². The molecule has 0 heterocycles. The molecule has 0 radical (unpaired) electrons. The number of halogens is 1. The Balaban J connectivity index is 2.62. The lowest BCUT2D eigenvalue weighted by Crippen LogP contribution is -2.42. The number of amides is 1. The summed E-state index contributed by atoms with van der Waals surface area (Å²) in [4.78, 5) is 21.9. The molecule has 0 aliphatic rings. The smallest absolute Gasteiger partial charge is 0.328 e. The number of benzene rings is 1. The zero-order valence-electron chi connectivity index (χ0n) is 9.34. The van der Waals surface area contributed by atoms with Crippen molar-refractivity contribution in [3.05, 3.63) is 40.9 Å². The van der Waals surface area contributed by atoms with Crippen LogP contribution in [0, 0.1) is 0 Å². The first-order valence-corrected chi connectivity index (χ1v) is 5.48. The van der Waals surface area contributed by atoms with E-state index in [1.54, 1.807) is 24.3 Å². The van der Waals surface area contributed by atoms with E-state index >= 15 is 0 Å². The fourth-order valence-corrected chi connectivity index (χ4v) is 1.39. The van der Waals surface area contributed by atoms with Gasteiger partial charge in [-0.1, -0.05) is 23.7 Å². The Kier molecular flexibility index (Phi) is 5.35. The van der Waals surface area contributed by atoms with Crippen molar-refractivity contribution in [1.29, 1.82) is 0 Å². The van der Waals surface area contributed by atoms with E-state index in [9.17, 15) is 9.59 Å². The van der Waals surface area contributed by atoms with Crippen LogP contribution in [0.3, 0.4) is 0 Å². The summed E-state index contributed by atoms with van der Waals surface area (Å²) in [6.07, 6.45) is 2.68. The molecule has 1 atom stereocenters. The fraction of sp³-hybridized carbons (Fsp3) is 0.167. The van der Waals surface area contributed by atoms with E-state index in [1.807, 2.05) is 0 Å². The molecule has 5 nitrogen and oxygen atoms in total. The zero-order valence-corrected chi connectivity index (χ0v) is 10.1. The van der Waals surface area contributed by atoms with Crippen molar-refractivity contribution in [2.24, 2.45) is 0 Å². The number of carbonyl (C=O) groups excluding carboxylic acids is 1. The van der Waals surface area contributed by atoms with E-state index < -0.39 is 24.5 Å². The second-order valence-electron chi connectivity index (χ2n) is 3.47. The quantitative estimate of drug-likeness (QED) is 0.694. The van der Waals surface area contributed by atoms with Gasteiger partial charge in [-0.05, 0) is 23.8 Å². The molecule has 1 aromatic rings. The summed E-state index contributed by atoms with van der Waals surface area (Å²) < 4.78 is 0. The zero-order chi connectivity index (χ0) is 13.5. The van der Waals surface area contributed by atoms with Gasteiger partial charge in [0.05, 0.1) is 6.61 Å². The van der Waals surface area contributed by atoms with Crippen molar-refractivity contribution in [1.82, 2.24) is 5.32 Å². The van der Waals surface area contributed by atoms with Crippen LogP contribution in [-0.2, 0) is 9.59 Å². The maximum atomic E-state index is 11.4. The molecule has 18 heavy (non-hydrogen) atoms. The van der Waals surface area contributed by atoms with Gasteiger partial charge >= 0.3 is 5.97 Å². The van der Waals surface area contributed by atoms with Crippen molar-refractivity contribution < 1.29 is 19.8 Å². The standard InChI is InChI=1S/C12H12ClNO4/c13-9-3-1-2-8(6-9)4-5-11(16)14-10(7-15)12(17)18/h1-6,10,15H,7H2,(H,14,16)(H,17,18)/b5-4+/t10-/m1/s1. The van der Waals surface area contributed by atoms with Gasteiger partial charge in [-0.2, -0.15) is 0 Å². The Hall–Kier alpha value is -1.85. The molecule has 1 amide bonds. The second-order valence-corrected chi connectivity index (χ2v) is 3.91. The molecular formula is C12H12ClNO4. The van der Waals surface area contributed by atoms with Gasteiger partial charge in [0.2, 0.25) is 5.91 Å². The first-order valence-electron chi connectivity index (χ1n) is 5.10. The Morgan fingerprint density at radius 3 is 2.72 bits per heavy atom. The van der Waals surface area contributed by atoms with Crippen molar-refractivity contribution in [2.75, 3.05) is 6.61 Å². The highest BCUT2D eigenvalue weighted by molar-refractivity contribution is 6.30. The first kappa shape index (κ1) is 14.2. The van der Waals surface area contributed by atoms with Gasteiger partial charge in [0.15, 0.2) is 6.04 Å². The predicted octanol–water partition coefficient (Wildman–Crippen LogP) is 0.915. The molecule has 0 saturated heterocycles. The largest absolute Gasteiger partial charge is 0.480 e. The van der Waals surface area contributed by atoms with Crippen LogP contribution in [0.5, 0.6) is 0 Å². The normalized spacial score (nSPS) is 12.3. The number of hydrogen-bond donors (Lipinski definition) is 3. The van der Waals surface area contributed by atoms with E-state index in [4.69, 9.17) is 21.8 Å². The molecule has 0 saturated carbocycles. The van der Waals surface area contributed by atoms with Crippen LogP contribution < -0.4 is 5.32 Å². The molecule has 0 fully saturated rings. The van der Waals surface area contributed by atoms with Crippen molar-refractivity contribution >= 4 is 29.6 Å². The highest BCUT2D eigenvalue weighted by Gasteiger charge is 2.16. The maximum absolute atomic E-state index is 11.4. The molecule has 0 unspecified atom stereocenters. The third kappa shape index (κ3) is 4.57. The van der Waals surface area contributed by atoms with E-state index in [0.29, 0.717) is 10.6 Å². The maximum Gasteiger partial charge on any atom is 0.328 e. The predicted molar refractivity (Wildman–Crippen MR) is 67.1 cm³/mol. The van der Waals surface area contributed by atoms with Gasteiger partial charge < -0.3 is 15.5 Å². The number of aliphatic carboxylic acids is 1. The van der Waals surface area contributed by atoms with Gasteiger partial charge in [-0.3, -0.25) is 4.79 Å². The Morgan fingerprint density at radius 2 is 2.17 bits per heavy atom. The molecule has 0 bridgehead atoms. The molecule has 0 aliphatic carbocycles. The lowest BCUT2D eigenvalue weighted by molar-refractivity contribution is -0.142. The summed E-state index contributed by atoms with van der Waals surface area (Å²) in [6.45, 7) is -0.661. The summed E-state index contributed by atoms with van der Waals surface area (Å²) in [5.74, 6) is -1.89. The van der Waals surface area contributed by atoms with Crippen LogP contribution in [0.1, 0.15) is 5.56 Å². The Labute approximate surface area is 109 Å². The van der Waals surface area contributed by atoms with Crippen molar-refractivity contribution in [3.63, 3.8) is 0 Å². The first-order chi connectivity index (χ1) is 8.52. The summed E-state index contributed by atoms with van der Waals surface area (Å²) in [7, 11) is 0. The number of nitrogens with one attached hydrogen (secondary N) is 1. The third-order valence-electron chi connectivity index (χ3n) is 2.07. The van der Waals surface area contributed by atoms with Crippen LogP contribution in [0.4, 0.5) is 0 Å². The van der Waals surface area contributed by atoms with Crippen LogP contribution in [0.2, 0.25) is 5.02 Å². The number of aliphatic hydroxyl groups excluding tert-OH is 1. The van der Waals surface area contributed by atoms with Gasteiger partial charge in [0, 0.05) is 11.1 Å². The van der Waals surface area contributed by atoms with Crippen molar-refractivity contribution in [3.8, 4) is 0 Å². The summed E-state index contributed by atoms with van der Waals surface area (Å²) >= 11 is 5.76. The van der Waals surface area contributed by atoms with Crippen LogP contribution in [0.25, 0.3) is 6.08 Å². The minimum atomic E-state index is -1.30. The molecule has 0 aromatic heterocycles. The number of carboxylic acids is 1. The lowest BCUT2D eigenvalue weighted by atomic mass is 10.2. The van der Waals surface area contributed by atoms with Crippen LogP contribution >= 0.6 is 11.6 Å². The molecule has 3 N–H and O–H groups in total. The molecule has 96 valence electrons. The van der Waals surface area contributed by atoms with Gasteiger partial charge in [0.1, 0.15) is 0 Å². The van der Waals surface area contributed by atoms with E-state index in [-0.39, 0.29) is 0 Å². The van der Waals surface area contributed by atoms with Gasteiger partial charge in [-0.25, -0.2) is 4.79 Å². The molecule has 0 aliphatic heterocycles. The van der Waals surface area contributed by atoms with E-state index in [1.165, 1.54) is 12.2 Å². The van der Waals surface area contributed by atoms with Crippen LogP contribution in [-0.4, -0.2) is 34.7 Å². The van der Waals surface area contributed by atoms with Gasteiger partial charge in [-0.15, -0.1) is 0 Å². The van der Waals surface area contributed by atoms with Crippen LogP contribution in [0.15, 0.2) is 30.3 Å². The average Bonchev–Trinajstić information content (AvgIpc) is 2.33. The molecule has 6 heteroatoms.